The molecule has 0 aromatic heterocycles. The van der Waals surface area contributed by atoms with Gasteiger partial charge in [0.2, 0.25) is 0 Å². The summed E-state index contributed by atoms with van der Waals surface area (Å²) in [6, 6.07) is 48.9. The largest absolute Gasteiger partial charge is 0.493 e. The number of hydrogen-bond acceptors (Lipinski definition) is 8. The maximum absolute atomic E-state index is 7.86. The van der Waals surface area contributed by atoms with Gasteiger partial charge < -0.3 is 37.9 Å². The van der Waals surface area contributed by atoms with Gasteiger partial charge in [-0.2, -0.15) is 0 Å². The first-order valence-electron chi connectivity index (χ1n) is 54.7. The normalized spacial score (nSPS) is 13.7. The first-order valence-corrected chi connectivity index (χ1v) is 54.7. The first-order chi connectivity index (χ1) is 65.3. The van der Waals surface area contributed by atoms with Crippen molar-refractivity contribution in [2.45, 2.75) is 434 Å². The second-order valence-corrected chi connectivity index (χ2v) is 53.1. The van der Waals surface area contributed by atoms with Gasteiger partial charge in [-0.25, -0.2) is 0 Å². The number of ether oxygens (including phenoxy) is 8. The molecule has 2 aliphatic carbocycles. The Hall–Kier alpha value is -8.62. The predicted octanol–water partition coefficient (Wildman–Crippen LogP) is 35.5. The van der Waals surface area contributed by atoms with Crippen molar-refractivity contribution in [3.05, 3.63) is 266 Å². The van der Waals surface area contributed by atoms with Crippen LogP contribution in [0.25, 0.3) is 0 Å². The maximum Gasteiger partial charge on any atom is 0.126 e. The number of fused-ring (bicyclic) bond motifs is 16. The van der Waals surface area contributed by atoms with Gasteiger partial charge in [0.25, 0.3) is 0 Å². The molecular formula is C132H190O8. The van der Waals surface area contributed by atoms with E-state index in [9.17, 15) is 0 Å². The summed E-state index contributed by atoms with van der Waals surface area (Å²) in [5, 5.41) is 0. The van der Waals surface area contributed by atoms with Gasteiger partial charge in [-0.3, -0.25) is 0 Å². The van der Waals surface area contributed by atoms with Crippen molar-refractivity contribution in [3.63, 3.8) is 0 Å². The summed E-state index contributed by atoms with van der Waals surface area (Å²) < 4.78 is 60.7. The highest BCUT2D eigenvalue weighted by Gasteiger charge is 2.35. The van der Waals surface area contributed by atoms with E-state index < -0.39 is 0 Å². The van der Waals surface area contributed by atoms with Crippen molar-refractivity contribution < 1.29 is 37.9 Å². The lowest BCUT2D eigenvalue weighted by Gasteiger charge is -2.29. The Bertz CT molecular complexity index is 4990. The molecule has 0 unspecified atom stereocenters. The van der Waals surface area contributed by atoms with E-state index in [-0.39, 0.29) is 43.3 Å². The zero-order valence-electron chi connectivity index (χ0n) is 95.1. The van der Waals surface area contributed by atoms with E-state index in [4.69, 9.17) is 37.9 Å². The van der Waals surface area contributed by atoms with Crippen LogP contribution in [0.3, 0.4) is 0 Å². The highest BCUT2D eigenvalue weighted by molar-refractivity contribution is 5.64. The summed E-state index contributed by atoms with van der Waals surface area (Å²) in [4.78, 5) is 0. The van der Waals surface area contributed by atoms with Gasteiger partial charge in [0.1, 0.15) is 59.2 Å². The molecule has 2 aliphatic rings. The summed E-state index contributed by atoms with van der Waals surface area (Å²) in [5.41, 5.74) is 29.7. The summed E-state index contributed by atoms with van der Waals surface area (Å²) in [5.74, 6) is 11.1. The molecular weight excluding hydrogens is 1710 g/mol. The zero-order valence-corrected chi connectivity index (χ0v) is 95.1. The molecule has 0 amide bonds. The lowest BCUT2D eigenvalue weighted by Crippen LogP contribution is -2.18. The SMILES string of the molecule is CC(C)CCCOc1c2cc(C(C)(C)C)cc1Cc1cc(C(C)(C)C)cc(c1OCCCC(C)C)Cc1cc(C(C)(C)C)cc(c1OCc1ccc(COc3c4cc(C(C)(C)C)cc3Cc3cc(C(C)(C)C)cc(c3OCCCC(C)C)Cc3cc(C(C)(C)C)cc(c3OCCCC(C)C)Cc3cc(C(C)(C)C)cc(c3OCCCC(C)C)C4)cc1)Cc1cc(C(C)(C)C)cc(c1OCCCC(C)C)C2. The van der Waals surface area contributed by atoms with Gasteiger partial charge in [0, 0.05) is 51.4 Å². The second-order valence-electron chi connectivity index (χ2n) is 53.1. The molecule has 0 fully saturated rings. The van der Waals surface area contributed by atoms with Crippen LogP contribution >= 0.6 is 0 Å². The van der Waals surface area contributed by atoms with E-state index >= 15 is 0 Å². The van der Waals surface area contributed by atoms with E-state index in [0.29, 0.717) is 140 Å². The fourth-order valence-corrected chi connectivity index (χ4v) is 19.8. The molecule has 0 heterocycles. The fourth-order valence-electron chi connectivity index (χ4n) is 19.8. The van der Waals surface area contributed by atoms with Crippen molar-refractivity contribution in [1.82, 2.24) is 0 Å². The Morgan fingerprint density at radius 2 is 0.279 bits per heavy atom. The third-order valence-corrected chi connectivity index (χ3v) is 28.7. The van der Waals surface area contributed by atoms with Crippen LogP contribution in [0.1, 0.15) is 471 Å². The average Bonchev–Trinajstić information content (AvgIpc) is 0.758. The zero-order chi connectivity index (χ0) is 103. The molecule has 0 atom stereocenters. The summed E-state index contributed by atoms with van der Waals surface area (Å²) >= 11 is 0. The monoisotopic (exact) mass is 1900 g/mol. The molecule has 0 spiro atoms. The molecule has 11 rings (SSSR count). The van der Waals surface area contributed by atoms with Crippen LogP contribution in [-0.2, 0) is 108 Å². The van der Waals surface area contributed by atoms with Crippen LogP contribution in [0.5, 0.6) is 46.0 Å². The van der Waals surface area contributed by atoms with Crippen LogP contribution in [0.2, 0.25) is 0 Å². The summed E-state index contributed by atoms with van der Waals surface area (Å²) in [6.45, 7) is 89.2. The Morgan fingerprint density at radius 3 is 0.379 bits per heavy atom. The molecule has 8 nitrogen and oxygen atoms in total. The third kappa shape index (κ3) is 31.2. The van der Waals surface area contributed by atoms with Crippen LogP contribution in [-0.4, -0.2) is 39.6 Å². The molecule has 0 aliphatic heterocycles. The molecule has 9 aromatic rings. The summed E-state index contributed by atoms with van der Waals surface area (Å²) in [6.07, 6.45) is 17.1. The van der Waals surface area contributed by atoms with Gasteiger partial charge in [-0.1, -0.05) is 371 Å². The Labute approximate surface area is 853 Å². The first kappa shape index (κ1) is 112. The standard InChI is InChI=1S/C132H190O8/c1-85(2)43-37-53-133-117-93-59-97-71-111(127(19,20)21)75-101(119(97)135-55-39-45-87(5)6)63-105-79-115(131(31,32)33)80-106(64-102-76-112(128(22,23)24)72-98(120(102)136-56-40-46-88(7)8)60-94(117)68-109(67-93)125(13,14)15)123(105)139-83-91-49-51-92(52-50-91)84-140-124-107-65-103-77-113(129(25,26)27)73-99(121(103)137-57-41-47-89(9)10)61-95-69-110(126(16,17)18)70-96(118(95)134-54-38-44-86(3)4)62-100-74-114(130(28,29)30)78-104(122(100)138-58-42-48-90(11)12)66-108(124)82-116(81-107)132(34,35)36/h49-52,67-82,85-90H,37-48,53-66,83-84H2,1-36H3. The minimum atomic E-state index is -0.223. The van der Waals surface area contributed by atoms with Crippen LogP contribution < -0.4 is 37.9 Å². The van der Waals surface area contributed by atoms with Crippen LogP contribution in [0.15, 0.2) is 121 Å². The second kappa shape index (κ2) is 47.0. The van der Waals surface area contributed by atoms with Gasteiger partial charge in [-0.05, 0) is 301 Å². The number of benzene rings is 9. The molecule has 0 saturated heterocycles. The minimum absolute atomic E-state index is 0.163. The quantitative estimate of drug-likeness (QED) is 0.0360. The van der Waals surface area contributed by atoms with E-state index in [1.165, 1.54) is 111 Å². The van der Waals surface area contributed by atoms with Crippen molar-refractivity contribution in [2.24, 2.45) is 35.5 Å². The van der Waals surface area contributed by atoms with Gasteiger partial charge in [-0.15, -0.1) is 0 Å². The topological polar surface area (TPSA) is 73.8 Å². The lowest BCUT2D eigenvalue weighted by atomic mass is 9.79. The molecule has 8 heteroatoms. The Kier molecular flexibility index (Phi) is 37.5. The molecule has 16 bridgehead atoms. The Morgan fingerprint density at radius 1 is 0.171 bits per heavy atom. The van der Waals surface area contributed by atoms with Gasteiger partial charge in [0.05, 0.1) is 39.6 Å². The van der Waals surface area contributed by atoms with Crippen molar-refractivity contribution in [1.29, 1.82) is 0 Å². The summed E-state index contributed by atoms with van der Waals surface area (Å²) in [7, 11) is 0. The number of rotatable bonds is 36. The third-order valence-electron chi connectivity index (χ3n) is 28.7. The minimum Gasteiger partial charge on any atom is -0.493 e. The van der Waals surface area contributed by atoms with Crippen molar-refractivity contribution in [3.8, 4) is 46.0 Å². The molecule has 140 heavy (non-hydrogen) atoms. The fraction of sp³-hybridized carbons (Fsp3) is 0.591. The van der Waals surface area contributed by atoms with Crippen molar-refractivity contribution in [2.75, 3.05) is 39.6 Å². The highest BCUT2D eigenvalue weighted by atomic mass is 16.5. The van der Waals surface area contributed by atoms with E-state index in [1.54, 1.807) is 0 Å². The highest BCUT2D eigenvalue weighted by Crippen LogP contribution is 2.50. The average molecular weight is 1900 g/mol. The molecule has 766 valence electrons. The predicted molar refractivity (Wildman–Crippen MR) is 596 cm³/mol. The molecule has 0 radical (unpaired) electrons. The molecule has 9 aromatic carbocycles. The van der Waals surface area contributed by atoms with Gasteiger partial charge >= 0.3 is 0 Å². The van der Waals surface area contributed by atoms with Crippen LogP contribution in [0.4, 0.5) is 0 Å². The smallest absolute Gasteiger partial charge is 0.126 e. The van der Waals surface area contributed by atoms with E-state index in [2.05, 4.69) is 371 Å². The Balaban J connectivity index is 1.11. The van der Waals surface area contributed by atoms with Crippen LogP contribution in [0, 0.1) is 35.5 Å². The molecule has 0 N–H and O–H groups in total. The van der Waals surface area contributed by atoms with Crippen molar-refractivity contribution >= 4 is 0 Å². The lowest BCUT2D eigenvalue weighted by molar-refractivity contribution is 0.286. The van der Waals surface area contributed by atoms with E-state index in [1.807, 2.05) is 0 Å². The molecule has 0 saturated carbocycles. The van der Waals surface area contributed by atoms with E-state index in [0.717, 1.165) is 156 Å². The maximum atomic E-state index is 7.86. The van der Waals surface area contributed by atoms with Gasteiger partial charge in [0.15, 0.2) is 0 Å². The number of hydrogen-bond donors (Lipinski definition) is 0.